The highest BCUT2D eigenvalue weighted by atomic mass is 35.5. The summed E-state index contributed by atoms with van der Waals surface area (Å²) in [7, 11) is 1.58. The summed E-state index contributed by atoms with van der Waals surface area (Å²) in [5.74, 6) is 0. The minimum Gasteiger partial charge on any atom is -0.265 e. The lowest BCUT2D eigenvalue weighted by Crippen LogP contribution is -2.33. The fraction of sp³-hybridized carbons (Fsp3) is 0.222. The number of rotatable bonds is 2. The molecule has 18 heavy (non-hydrogen) atoms. The van der Waals surface area contributed by atoms with Crippen molar-refractivity contribution in [3.8, 4) is 0 Å². The van der Waals surface area contributed by atoms with E-state index in [2.05, 4.69) is 20.1 Å². The second-order valence-electron chi connectivity index (χ2n) is 3.43. The third-order valence-electron chi connectivity index (χ3n) is 2.03. The molecule has 2 aromatic heterocycles. The van der Waals surface area contributed by atoms with Crippen LogP contribution in [0.1, 0.15) is 5.56 Å². The third kappa shape index (κ3) is 2.59. The van der Waals surface area contributed by atoms with Crippen LogP contribution in [0.4, 0.5) is 0 Å². The zero-order chi connectivity index (χ0) is 13.3. The van der Waals surface area contributed by atoms with Gasteiger partial charge >= 0.3 is 11.1 Å². The number of aryl methyl sites for hydroxylation is 2. The topological polar surface area (TPSA) is 93.5 Å². The zero-order valence-electron chi connectivity index (χ0n) is 9.47. The van der Waals surface area contributed by atoms with E-state index in [1.165, 1.54) is 4.68 Å². The van der Waals surface area contributed by atoms with Gasteiger partial charge in [0.15, 0.2) is 5.16 Å². The molecule has 0 amide bonds. The molecule has 0 bridgehead atoms. The van der Waals surface area contributed by atoms with Gasteiger partial charge in [0.05, 0.1) is 0 Å². The Balaban J connectivity index is 2.46. The van der Waals surface area contributed by atoms with Crippen LogP contribution in [0.2, 0.25) is 5.28 Å². The fourth-order valence-corrected chi connectivity index (χ4v) is 2.16. The average molecular weight is 286 g/mol. The summed E-state index contributed by atoms with van der Waals surface area (Å²) in [6.07, 6.45) is 1.57. The van der Waals surface area contributed by atoms with Crippen LogP contribution >= 0.6 is 23.4 Å². The predicted molar refractivity (Wildman–Crippen MR) is 66.0 cm³/mol. The molecule has 0 saturated carbocycles. The Morgan fingerprint density at radius 2 is 2.11 bits per heavy atom. The highest BCUT2D eigenvalue weighted by Gasteiger charge is 2.10. The van der Waals surface area contributed by atoms with Crippen LogP contribution in [0.25, 0.3) is 0 Å². The number of nitrogens with one attached hydrogen (secondary N) is 1. The maximum Gasteiger partial charge on any atom is 0.339 e. The molecule has 9 heteroatoms. The molecule has 0 saturated heterocycles. The van der Waals surface area contributed by atoms with Gasteiger partial charge in [0.1, 0.15) is 5.03 Å². The van der Waals surface area contributed by atoms with Crippen LogP contribution in [0.5, 0.6) is 0 Å². The number of hydrogen-bond donors (Lipinski definition) is 1. The highest BCUT2D eigenvalue weighted by Crippen LogP contribution is 2.25. The van der Waals surface area contributed by atoms with Gasteiger partial charge < -0.3 is 0 Å². The molecule has 0 aromatic carbocycles. The Kier molecular flexibility index (Phi) is 3.48. The first-order chi connectivity index (χ1) is 8.47. The lowest BCUT2D eigenvalue weighted by Gasteiger charge is -2.06. The van der Waals surface area contributed by atoms with E-state index >= 15 is 0 Å². The van der Waals surface area contributed by atoms with Crippen LogP contribution in [0.3, 0.4) is 0 Å². The van der Waals surface area contributed by atoms with Gasteiger partial charge in [0.25, 0.3) is 0 Å². The van der Waals surface area contributed by atoms with Crippen molar-refractivity contribution in [2.24, 2.45) is 7.05 Å². The monoisotopic (exact) mass is 285 g/mol. The molecule has 0 spiro atoms. The van der Waals surface area contributed by atoms with Gasteiger partial charge in [-0.2, -0.15) is 4.98 Å². The van der Waals surface area contributed by atoms with Crippen LogP contribution in [0.15, 0.2) is 26.0 Å². The normalized spacial score (nSPS) is 10.6. The van der Waals surface area contributed by atoms with Crippen molar-refractivity contribution < 1.29 is 0 Å². The summed E-state index contributed by atoms with van der Waals surface area (Å²) in [5.41, 5.74) is -0.808. The number of nitrogens with zero attached hydrogens (tertiary/aromatic N) is 4. The number of halogens is 1. The largest absolute Gasteiger partial charge is 0.339 e. The molecule has 7 nitrogen and oxygen atoms in total. The molecule has 0 atom stereocenters. The number of aromatic amines is 1. The van der Waals surface area contributed by atoms with Crippen LogP contribution in [-0.4, -0.2) is 24.7 Å². The van der Waals surface area contributed by atoms with Crippen molar-refractivity contribution in [3.63, 3.8) is 0 Å². The summed E-state index contributed by atoms with van der Waals surface area (Å²) in [6.45, 7) is 1.81. The lowest BCUT2D eigenvalue weighted by molar-refractivity contribution is 0.596. The fourth-order valence-electron chi connectivity index (χ4n) is 1.15. The van der Waals surface area contributed by atoms with Gasteiger partial charge in [0, 0.05) is 18.8 Å². The van der Waals surface area contributed by atoms with E-state index in [4.69, 9.17) is 11.6 Å². The number of H-pyrrole nitrogens is 1. The smallest absolute Gasteiger partial charge is 0.265 e. The summed E-state index contributed by atoms with van der Waals surface area (Å²) in [6, 6.07) is 0. The summed E-state index contributed by atoms with van der Waals surface area (Å²) < 4.78 is 1.35. The molecule has 2 aromatic rings. The average Bonchev–Trinajstić information content (AvgIpc) is 2.30. The second-order valence-corrected chi connectivity index (χ2v) is 4.72. The maximum atomic E-state index is 11.2. The zero-order valence-corrected chi connectivity index (χ0v) is 11.0. The Hall–Kier alpha value is -1.67. The number of hydrogen-bond acceptors (Lipinski definition) is 6. The van der Waals surface area contributed by atoms with E-state index in [1.807, 2.05) is 6.92 Å². The molecule has 2 rings (SSSR count). The van der Waals surface area contributed by atoms with Gasteiger partial charge in [0.2, 0.25) is 5.28 Å². The minimum atomic E-state index is -0.839. The van der Waals surface area contributed by atoms with Gasteiger partial charge in [-0.15, -0.1) is 0 Å². The second kappa shape index (κ2) is 4.91. The quantitative estimate of drug-likeness (QED) is 0.487. The Bertz CT molecular complexity index is 711. The summed E-state index contributed by atoms with van der Waals surface area (Å²) in [5, 5.41) is 3.35. The van der Waals surface area contributed by atoms with E-state index in [9.17, 15) is 9.59 Å². The summed E-state index contributed by atoms with van der Waals surface area (Å²) >= 11 is 6.82. The number of aromatic nitrogens is 5. The van der Waals surface area contributed by atoms with Crippen LogP contribution in [-0.2, 0) is 7.05 Å². The van der Waals surface area contributed by atoms with Crippen molar-refractivity contribution in [2.75, 3.05) is 0 Å². The Labute approximate surface area is 110 Å². The first-order valence-electron chi connectivity index (χ1n) is 4.81. The molecule has 0 fully saturated rings. The van der Waals surface area contributed by atoms with Gasteiger partial charge in [-0.1, -0.05) is 0 Å². The van der Waals surface area contributed by atoms with Crippen LogP contribution < -0.4 is 11.1 Å². The molecule has 0 radical (unpaired) electrons. The molecule has 2 heterocycles. The van der Waals surface area contributed by atoms with E-state index in [-0.39, 0.29) is 5.28 Å². The van der Waals surface area contributed by atoms with E-state index in [0.29, 0.717) is 10.2 Å². The molecule has 0 unspecified atom stereocenters. The van der Waals surface area contributed by atoms with Crippen molar-refractivity contribution in [1.29, 1.82) is 0 Å². The standard InChI is InChI=1S/C9H8ClN5O2S/c1-4-3-11-8(10)13-7(4)18-9-12-5(16)6(17)14-15(9)2/h3H,1-2H3,(H,14,17). The molecule has 0 aliphatic heterocycles. The molecule has 1 N–H and O–H groups in total. The molecular formula is C9H8ClN5O2S. The van der Waals surface area contributed by atoms with E-state index < -0.39 is 11.1 Å². The van der Waals surface area contributed by atoms with Gasteiger partial charge in [-0.3, -0.25) is 19.4 Å². The highest BCUT2D eigenvalue weighted by molar-refractivity contribution is 7.99. The third-order valence-corrected chi connectivity index (χ3v) is 3.37. The molecule has 0 aliphatic rings. The van der Waals surface area contributed by atoms with Crippen molar-refractivity contribution in [1.82, 2.24) is 24.7 Å². The van der Waals surface area contributed by atoms with E-state index in [0.717, 1.165) is 17.3 Å². The van der Waals surface area contributed by atoms with Gasteiger partial charge in [-0.25, -0.2) is 9.97 Å². The summed E-state index contributed by atoms with van der Waals surface area (Å²) in [4.78, 5) is 33.8. The Morgan fingerprint density at radius 1 is 1.39 bits per heavy atom. The maximum absolute atomic E-state index is 11.2. The molecule has 0 aliphatic carbocycles. The molecular weight excluding hydrogens is 278 g/mol. The molecule has 94 valence electrons. The lowest BCUT2D eigenvalue weighted by atomic mass is 10.4. The van der Waals surface area contributed by atoms with E-state index in [1.54, 1.807) is 13.2 Å². The Morgan fingerprint density at radius 3 is 2.83 bits per heavy atom. The first kappa shape index (κ1) is 12.8. The minimum absolute atomic E-state index is 0.109. The predicted octanol–water partition coefficient (Wildman–Crippen LogP) is 0.372. The van der Waals surface area contributed by atoms with Crippen molar-refractivity contribution in [3.05, 3.63) is 37.8 Å². The van der Waals surface area contributed by atoms with Gasteiger partial charge in [-0.05, 0) is 30.3 Å². The van der Waals surface area contributed by atoms with Crippen LogP contribution in [0, 0.1) is 6.92 Å². The van der Waals surface area contributed by atoms with Crippen molar-refractivity contribution in [2.45, 2.75) is 17.1 Å². The van der Waals surface area contributed by atoms with Crippen molar-refractivity contribution >= 4 is 23.4 Å². The first-order valence-corrected chi connectivity index (χ1v) is 6.01. The SMILES string of the molecule is Cc1cnc(Cl)nc1Sc1nc(=O)c(=O)[nH]n1C.